The van der Waals surface area contributed by atoms with E-state index in [0.717, 1.165) is 37.5 Å². The van der Waals surface area contributed by atoms with Crippen molar-refractivity contribution in [3.8, 4) is 0 Å². The van der Waals surface area contributed by atoms with Crippen LogP contribution in [-0.4, -0.2) is 45.5 Å². The number of nitrogens with zero attached hydrogens (tertiary/aromatic N) is 5. The van der Waals surface area contributed by atoms with E-state index in [1.54, 1.807) is 7.05 Å². The third-order valence-corrected chi connectivity index (χ3v) is 4.21. The lowest BCUT2D eigenvalue weighted by atomic mass is 10.1. The number of halogens is 1. The Hall–Kier alpha value is -1.65. The normalized spacial score (nSPS) is 12.6. The second-order valence-electron chi connectivity index (χ2n) is 6.36. The maximum atomic E-state index is 5.11. The van der Waals surface area contributed by atoms with Crippen LogP contribution in [0.15, 0.2) is 9.52 Å². The van der Waals surface area contributed by atoms with Gasteiger partial charge in [-0.2, -0.15) is 10.1 Å². The van der Waals surface area contributed by atoms with E-state index in [9.17, 15) is 0 Å². The van der Waals surface area contributed by atoms with Crippen molar-refractivity contribution in [3.05, 3.63) is 28.7 Å². The molecule has 0 fully saturated rings. The van der Waals surface area contributed by atoms with Crippen molar-refractivity contribution < 1.29 is 4.52 Å². The molecule has 0 saturated heterocycles. The van der Waals surface area contributed by atoms with Gasteiger partial charge in [0, 0.05) is 38.8 Å². The van der Waals surface area contributed by atoms with Gasteiger partial charge in [-0.15, -0.1) is 24.0 Å². The lowest BCUT2D eigenvalue weighted by Gasteiger charge is -2.18. The fraction of sp³-hybridized carbons (Fsp3) is 0.647. The second-order valence-corrected chi connectivity index (χ2v) is 6.36. The Bertz CT molecular complexity index is 723. The Balaban J connectivity index is 0.00000338. The molecule has 9 heteroatoms. The highest BCUT2D eigenvalue weighted by Gasteiger charge is 2.14. The zero-order valence-corrected chi connectivity index (χ0v) is 18.8. The molecule has 2 aromatic rings. The van der Waals surface area contributed by atoms with Gasteiger partial charge in [0.05, 0.1) is 5.69 Å². The molecule has 8 nitrogen and oxygen atoms in total. The van der Waals surface area contributed by atoms with Crippen LogP contribution in [-0.2, 0) is 19.9 Å². The highest BCUT2D eigenvalue weighted by molar-refractivity contribution is 14.0. The summed E-state index contributed by atoms with van der Waals surface area (Å²) < 4.78 is 7.04. The van der Waals surface area contributed by atoms with Crippen molar-refractivity contribution in [1.29, 1.82) is 0 Å². The average molecular weight is 475 g/mol. The molecule has 26 heavy (non-hydrogen) atoms. The molecule has 2 heterocycles. The van der Waals surface area contributed by atoms with Crippen LogP contribution in [0.5, 0.6) is 0 Å². The van der Waals surface area contributed by atoms with Crippen LogP contribution in [0.1, 0.15) is 42.0 Å². The molecule has 146 valence electrons. The van der Waals surface area contributed by atoms with Crippen LogP contribution >= 0.6 is 24.0 Å². The van der Waals surface area contributed by atoms with Gasteiger partial charge in [0.2, 0.25) is 5.89 Å². The minimum Gasteiger partial charge on any atom is -0.356 e. The van der Waals surface area contributed by atoms with E-state index >= 15 is 0 Å². The van der Waals surface area contributed by atoms with Crippen LogP contribution in [0.2, 0.25) is 0 Å². The summed E-state index contributed by atoms with van der Waals surface area (Å²) in [5.74, 6) is 2.15. The van der Waals surface area contributed by atoms with Gasteiger partial charge in [0.1, 0.15) is 0 Å². The zero-order valence-electron chi connectivity index (χ0n) is 16.5. The summed E-state index contributed by atoms with van der Waals surface area (Å²) in [7, 11) is 3.76. The molecule has 0 radical (unpaired) electrons. The number of hydrogen-bond acceptors (Lipinski definition) is 5. The first-order chi connectivity index (χ1) is 11.9. The monoisotopic (exact) mass is 475 g/mol. The minimum atomic E-state index is 0. The summed E-state index contributed by atoms with van der Waals surface area (Å²) in [6.45, 7) is 8.93. The first-order valence-corrected chi connectivity index (χ1v) is 8.66. The Kier molecular flexibility index (Phi) is 9.03. The van der Waals surface area contributed by atoms with Gasteiger partial charge in [-0.05, 0) is 46.1 Å². The Morgan fingerprint density at radius 1 is 1.31 bits per heavy atom. The molecule has 2 N–H and O–H groups in total. The molecule has 1 unspecified atom stereocenters. The maximum absolute atomic E-state index is 5.11. The van der Waals surface area contributed by atoms with E-state index in [1.807, 2.05) is 18.7 Å². The van der Waals surface area contributed by atoms with Crippen molar-refractivity contribution >= 4 is 29.9 Å². The number of guanidine groups is 1. The van der Waals surface area contributed by atoms with Crippen molar-refractivity contribution in [2.45, 2.75) is 53.0 Å². The summed E-state index contributed by atoms with van der Waals surface area (Å²) in [4.78, 5) is 8.49. The molecule has 1 atom stereocenters. The van der Waals surface area contributed by atoms with E-state index in [2.05, 4.69) is 51.6 Å². The molecular weight excluding hydrogens is 445 g/mol. The van der Waals surface area contributed by atoms with E-state index < -0.39 is 0 Å². The van der Waals surface area contributed by atoms with E-state index in [0.29, 0.717) is 11.7 Å². The van der Waals surface area contributed by atoms with Gasteiger partial charge in [0.25, 0.3) is 0 Å². The van der Waals surface area contributed by atoms with Crippen molar-refractivity contribution in [2.24, 2.45) is 12.0 Å². The first-order valence-electron chi connectivity index (χ1n) is 8.66. The van der Waals surface area contributed by atoms with E-state index in [-0.39, 0.29) is 30.0 Å². The van der Waals surface area contributed by atoms with E-state index in [4.69, 9.17) is 4.52 Å². The van der Waals surface area contributed by atoms with Crippen molar-refractivity contribution in [1.82, 2.24) is 30.6 Å². The van der Waals surface area contributed by atoms with Crippen molar-refractivity contribution in [3.63, 3.8) is 0 Å². The fourth-order valence-electron chi connectivity index (χ4n) is 2.79. The zero-order chi connectivity index (χ0) is 18.4. The predicted molar refractivity (Wildman–Crippen MR) is 113 cm³/mol. The molecule has 0 amide bonds. The summed E-state index contributed by atoms with van der Waals surface area (Å²) in [5.41, 5.74) is 3.60. The lowest BCUT2D eigenvalue weighted by molar-refractivity contribution is 0.372. The van der Waals surface area contributed by atoms with Gasteiger partial charge >= 0.3 is 0 Å². The average Bonchev–Trinajstić information content (AvgIpc) is 3.08. The third-order valence-electron chi connectivity index (χ3n) is 4.21. The standard InChI is InChI=1S/C17H29N7O.HI/c1-11(10-15-12(2)22-24(6)13(15)3)20-17(18-5)19-9-7-8-16-21-14(4)23-25-16;/h11H,7-10H2,1-6H3,(H2,18,19,20);1H. The molecule has 0 aromatic carbocycles. The fourth-order valence-corrected chi connectivity index (χ4v) is 2.79. The number of rotatable bonds is 7. The molecule has 0 aliphatic carbocycles. The number of hydrogen-bond donors (Lipinski definition) is 2. The van der Waals surface area contributed by atoms with Crippen LogP contribution in [0, 0.1) is 20.8 Å². The van der Waals surface area contributed by atoms with Crippen LogP contribution in [0.3, 0.4) is 0 Å². The largest absolute Gasteiger partial charge is 0.356 e. The number of nitrogens with one attached hydrogen (secondary N) is 2. The molecule has 0 aliphatic rings. The summed E-state index contributed by atoms with van der Waals surface area (Å²) >= 11 is 0. The molecule has 0 aliphatic heterocycles. The van der Waals surface area contributed by atoms with Crippen molar-refractivity contribution in [2.75, 3.05) is 13.6 Å². The van der Waals surface area contributed by atoms with Crippen LogP contribution in [0.4, 0.5) is 0 Å². The summed E-state index contributed by atoms with van der Waals surface area (Å²) in [5, 5.41) is 15.0. The highest BCUT2D eigenvalue weighted by atomic mass is 127. The Morgan fingerprint density at radius 3 is 2.58 bits per heavy atom. The van der Waals surface area contributed by atoms with E-state index in [1.165, 1.54) is 11.3 Å². The SMILES string of the molecule is CN=C(NCCCc1nc(C)no1)NC(C)Cc1c(C)nn(C)c1C.I. The summed E-state index contributed by atoms with van der Waals surface area (Å²) in [6.07, 6.45) is 2.57. The first kappa shape index (κ1) is 22.4. The molecule has 2 rings (SSSR count). The minimum absolute atomic E-state index is 0. The summed E-state index contributed by atoms with van der Waals surface area (Å²) in [6, 6.07) is 0.256. The van der Waals surface area contributed by atoms with Gasteiger partial charge in [0.15, 0.2) is 11.8 Å². The molecule has 2 aromatic heterocycles. The number of aromatic nitrogens is 4. The lowest BCUT2D eigenvalue weighted by Crippen LogP contribution is -2.43. The topological polar surface area (TPSA) is 93.2 Å². The molecule has 0 spiro atoms. The maximum Gasteiger partial charge on any atom is 0.226 e. The Morgan fingerprint density at radius 2 is 2.04 bits per heavy atom. The van der Waals surface area contributed by atoms with Gasteiger partial charge < -0.3 is 15.2 Å². The quantitative estimate of drug-likeness (QED) is 0.276. The number of aryl methyl sites for hydroxylation is 4. The third kappa shape index (κ3) is 6.26. The molecule has 0 bridgehead atoms. The van der Waals surface area contributed by atoms with Crippen LogP contribution < -0.4 is 10.6 Å². The van der Waals surface area contributed by atoms with Gasteiger partial charge in [-0.1, -0.05) is 5.16 Å². The number of aliphatic imine (C=N–C) groups is 1. The van der Waals surface area contributed by atoms with Crippen LogP contribution in [0.25, 0.3) is 0 Å². The smallest absolute Gasteiger partial charge is 0.226 e. The second kappa shape index (κ2) is 10.5. The van der Waals surface area contributed by atoms with Gasteiger partial charge in [-0.25, -0.2) is 0 Å². The molecular formula is C17H30IN7O. The Labute approximate surface area is 172 Å². The highest BCUT2D eigenvalue weighted by Crippen LogP contribution is 2.14. The predicted octanol–water partition coefficient (Wildman–Crippen LogP) is 2.08. The van der Waals surface area contributed by atoms with Gasteiger partial charge in [-0.3, -0.25) is 9.67 Å². The molecule has 0 saturated carbocycles.